The molecule has 0 radical (unpaired) electrons. The SMILES string of the molecule is Cn1cnnc1C(O)(c1ccc(Cl)cc1)c1ccc2c(c1)c(-c1cccc(Cl)c1)cc1nnnn12. The van der Waals surface area contributed by atoms with Crippen LogP contribution in [0, 0.1) is 0 Å². The zero-order chi connectivity index (χ0) is 24.2. The lowest BCUT2D eigenvalue weighted by molar-refractivity contribution is 0.112. The molecule has 3 aromatic heterocycles. The van der Waals surface area contributed by atoms with Crippen LogP contribution in [0.4, 0.5) is 0 Å². The van der Waals surface area contributed by atoms with Gasteiger partial charge in [0.2, 0.25) is 0 Å². The number of tetrazole rings is 1. The molecule has 0 spiro atoms. The van der Waals surface area contributed by atoms with Gasteiger partial charge in [0.15, 0.2) is 17.1 Å². The van der Waals surface area contributed by atoms with Gasteiger partial charge in [0.25, 0.3) is 0 Å². The van der Waals surface area contributed by atoms with Crippen LogP contribution in [0.15, 0.2) is 79.1 Å². The second kappa shape index (κ2) is 8.13. The van der Waals surface area contributed by atoms with Crippen LogP contribution >= 0.6 is 23.2 Å². The molecular formula is C25H17Cl2N7O. The second-order valence-corrected chi connectivity index (χ2v) is 9.10. The lowest BCUT2D eigenvalue weighted by atomic mass is 9.84. The summed E-state index contributed by atoms with van der Waals surface area (Å²) in [5.74, 6) is 0.368. The van der Waals surface area contributed by atoms with Crippen molar-refractivity contribution < 1.29 is 5.11 Å². The molecule has 1 atom stereocenters. The molecule has 0 saturated carbocycles. The van der Waals surface area contributed by atoms with Crippen LogP contribution in [0.1, 0.15) is 17.0 Å². The molecule has 35 heavy (non-hydrogen) atoms. The molecule has 6 rings (SSSR count). The Morgan fingerprint density at radius 1 is 0.857 bits per heavy atom. The van der Waals surface area contributed by atoms with Gasteiger partial charge >= 0.3 is 0 Å². The summed E-state index contributed by atoms with van der Waals surface area (Å²) in [6.45, 7) is 0. The highest BCUT2D eigenvalue weighted by Crippen LogP contribution is 2.39. The van der Waals surface area contributed by atoms with Crippen LogP contribution in [0.25, 0.3) is 27.7 Å². The van der Waals surface area contributed by atoms with Gasteiger partial charge in [-0.2, -0.15) is 4.52 Å². The Morgan fingerprint density at radius 3 is 2.40 bits per heavy atom. The maximum Gasteiger partial charge on any atom is 0.180 e. The van der Waals surface area contributed by atoms with Gasteiger partial charge in [0.1, 0.15) is 6.33 Å². The molecule has 0 fully saturated rings. The van der Waals surface area contributed by atoms with Crippen LogP contribution in [0.5, 0.6) is 0 Å². The number of rotatable bonds is 4. The smallest absolute Gasteiger partial charge is 0.180 e. The molecule has 6 aromatic rings. The van der Waals surface area contributed by atoms with Crippen molar-refractivity contribution in [2.75, 3.05) is 0 Å². The maximum atomic E-state index is 12.3. The number of aromatic nitrogens is 7. The van der Waals surface area contributed by atoms with E-state index in [1.165, 1.54) is 0 Å². The average Bonchev–Trinajstić information content (AvgIpc) is 3.52. The van der Waals surface area contributed by atoms with Crippen molar-refractivity contribution in [2.45, 2.75) is 5.60 Å². The number of pyridine rings is 1. The highest BCUT2D eigenvalue weighted by atomic mass is 35.5. The van der Waals surface area contributed by atoms with Crippen molar-refractivity contribution >= 4 is 39.8 Å². The summed E-state index contributed by atoms with van der Waals surface area (Å²) in [5, 5.41) is 34.7. The largest absolute Gasteiger partial charge is 0.373 e. The van der Waals surface area contributed by atoms with Gasteiger partial charge in [-0.15, -0.1) is 15.3 Å². The Morgan fingerprint density at radius 2 is 1.66 bits per heavy atom. The van der Waals surface area contributed by atoms with Crippen LogP contribution in [0.3, 0.4) is 0 Å². The van der Waals surface area contributed by atoms with Crippen molar-refractivity contribution in [1.29, 1.82) is 0 Å². The molecule has 0 amide bonds. The molecule has 1 unspecified atom stereocenters. The molecule has 0 bridgehead atoms. The summed E-state index contributed by atoms with van der Waals surface area (Å²) in [6, 6.07) is 22.2. The first-order valence-corrected chi connectivity index (χ1v) is 11.4. The number of hydrogen-bond donors (Lipinski definition) is 1. The number of fused-ring (bicyclic) bond motifs is 3. The monoisotopic (exact) mass is 501 g/mol. The van der Waals surface area contributed by atoms with Crippen molar-refractivity contribution in [3.8, 4) is 11.1 Å². The molecule has 0 aliphatic heterocycles. The first kappa shape index (κ1) is 21.7. The van der Waals surface area contributed by atoms with Crippen LogP contribution in [-0.2, 0) is 12.6 Å². The van der Waals surface area contributed by atoms with Gasteiger partial charge in [-0.25, -0.2) is 0 Å². The first-order valence-electron chi connectivity index (χ1n) is 10.7. The number of halogens is 2. The normalized spacial score (nSPS) is 13.4. The fourth-order valence-corrected chi connectivity index (χ4v) is 4.76. The molecule has 3 heterocycles. The standard InChI is InChI=1S/C25H17Cl2N7O/c1-33-14-28-30-24(33)25(35,16-5-8-18(26)9-6-16)17-7-10-22-21(12-17)20(13-23-29-31-32-34(22)23)15-3-2-4-19(27)11-15/h2-14,35H,1H3. The average molecular weight is 502 g/mol. The van der Waals surface area contributed by atoms with E-state index in [0.717, 1.165) is 22.0 Å². The third-order valence-electron chi connectivity index (χ3n) is 6.13. The van der Waals surface area contributed by atoms with Crippen LogP contribution in [0.2, 0.25) is 10.0 Å². The van der Waals surface area contributed by atoms with Gasteiger partial charge in [0.05, 0.1) is 5.52 Å². The topological polar surface area (TPSA) is 94.0 Å². The van der Waals surface area contributed by atoms with Crippen molar-refractivity contribution in [3.05, 3.63) is 106 Å². The fourth-order valence-electron chi connectivity index (χ4n) is 4.45. The van der Waals surface area contributed by atoms with Gasteiger partial charge < -0.3 is 9.67 Å². The Kier molecular flexibility index (Phi) is 5.03. The van der Waals surface area contributed by atoms with E-state index in [4.69, 9.17) is 23.2 Å². The van der Waals surface area contributed by atoms with E-state index in [1.807, 2.05) is 48.5 Å². The van der Waals surface area contributed by atoms with Gasteiger partial charge in [-0.3, -0.25) is 0 Å². The molecule has 10 heteroatoms. The number of hydrogen-bond acceptors (Lipinski definition) is 6. The Bertz CT molecular complexity index is 1710. The number of benzene rings is 3. The maximum absolute atomic E-state index is 12.3. The molecule has 8 nitrogen and oxygen atoms in total. The predicted octanol–water partition coefficient (Wildman–Crippen LogP) is 4.66. The zero-order valence-corrected chi connectivity index (χ0v) is 19.9. The minimum atomic E-state index is -1.61. The third kappa shape index (κ3) is 3.46. The molecular weight excluding hydrogens is 485 g/mol. The Labute approximate surface area is 209 Å². The van der Waals surface area contributed by atoms with E-state index in [2.05, 4.69) is 25.7 Å². The summed E-state index contributed by atoms with van der Waals surface area (Å²) >= 11 is 12.5. The fraction of sp³-hybridized carbons (Fsp3) is 0.0800. The van der Waals surface area contributed by atoms with Gasteiger partial charge in [-0.1, -0.05) is 53.5 Å². The number of aryl methyl sites for hydroxylation is 1. The van der Waals surface area contributed by atoms with Crippen LogP contribution < -0.4 is 0 Å². The first-order chi connectivity index (χ1) is 16.9. The molecule has 0 aliphatic carbocycles. The molecule has 0 saturated heterocycles. The van der Waals surface area contributed by atoms with Gasteiger partial charge in [0, 0.05) is 22.5 Å². The van der Waals surface area contributed by atoms with E-state index in [9.17, 15) is 5.11 Å². The second-order valence-electron chi connectivity index (χ2n) is 8.23. The lowest BCUT2D eigenvalue weighted by Gasteiger charge is -2.29. The summed E-state index contributed by atoms with van der Waals surface area (Å²) in [6.07, 6.45) is 1.55. The van der Waals surface area contributed by atoms with Crippen molar-refractivity contribution in [2.24, 2.45) is 7.05 Å². The molecule has 3 aromatic carbocycles. The lowest BCUT2D eigenvalue weighted by Crippen LogP contribution is -2.32. The summed E-state index contributed by atoms with van der Waals surface area (Å²) in [7, 11) is 1.79. The molecule has 1 N–H and O–H groups in total. The number of nitrogens with zero attached hydrogens (tertiary/aromatic N) is 7. The van der Waals surface area contributed by atoms with E-state index in [-0.39, 0.29) is 0 Å². The predicted molar refractivity (Wildman–Crippen MR) is 133 cm³/mol. The third-order valence-corrected chi connectivity index (χ3v) is 6.62. The van der Waals surface area contributed by atoms with E-state index >= 15 is 0 Å². The van der Waals surface area contributed by atoms with E-state index in [0.29, 0.717) is 32.6 Å². The molecule has 0 aliphatic rings. The minimum absolute atomic E-state index is 0.368. The van der Waals surface area contributed by atoms with Crippen LogP contribution in [-0.4, -0.2) is 39.9 Å². The summed E-state index contributed by atoms with van der Waals surface area (Å²) in [5.41, 5.74) is 2.75. The highest BCUT2D eigenvalue weighted by molar-refractivity contribution is 6.31. The summed E-state index contributed by atoms with van der Waals surface area (Å²) in [4.78, 5) is 0. The summed E-state index contributed by atoms with van der Waals surface area (Å²) < 4.78 is 3.36. The van der Waals surface area contributed by atoms with Gasteiger partial charge in [-0.05, 0) is 75.1 Å². The number of aliphatic hydroxyl groups is 1. The Balaban J connectivity index is 1.68. The minimum Gasteiger partial charge on any atom is -0.373 e. The van der Waals surface area contributed by atoms with E-state index < -0.39 is 5.60 Å². The highest BCUT2D eigenvalue weighted by Gasteiger charge is 2.38. The Hall–Kier alpha value is -3.85. The molecule has 172 valence electrons. The zero-order valence-electron chi connectivity index (χ0n) is 18.3. The van der Waals surface area contributed by atoms with Crippen molar-refractivity contribution in [3.63, 3.8) is 0 Å². The quantitative estimate of drug-likeness (QED) is 0.377. The van der Waals surface area contributed by atoms with E-state index in [1.54, 1.807) is 46.7 Å². The van der Waals surface area contributed by atoms with Crippen molar-refractivity contribution in [1.82, 2.24) is 34.8 Å².